The molecule has 2 nitrogen and oxygen atoms in total. The third kappa shape index (κ3) is 6.38. The van der Waals surface area contributed by atoms with Crippen LogP contribution in [0.25, 0.3) is 0 Å². The van der Waals surface area contributed by atoms with Gasteiger partial charge in [0.2, 0.25) is 0 Å². The fraction of sp³-hybridized carbons (Fsp3) is 0.500. The molecule has 0 radical (unpaired) electrons. The highest BCUT2D eigenvalue weighted by molar-refractivity contribution is 5.78. The lowest BCUT2D eigenvalue weighted by atomic mass is 10.1. The zero-order valence-corrected chi connectivity index (χ0v) is 10.9. The molecule has 0 unspecified atom stereocenters. The Hall–Kier alpha value is -1.36. The predicted molar refractivity (Wildman–Crippen MR) is 67.9 cm³/mol. The molecule has 1 N–H and O–H groups in total. The average Bonchev–Trinajstić information content (AvgIpc) is 2.57. The minimum atomic E-state index is -4.22. The van der Waals surface area contributed by atoms with E-state index in [0.29, 0.717) is 11.3 Å². The zero-order valence-electron chi connectivity index (χ0n) is 10.9. The van der Waals surface area contributed by atoms with Gasteiger partial charge in [-0.3, -0.25) is 4.79 Å². The van der Waals surface area contributed by atoms with E-state index < -0.39 is 11.7 Å². The number of hydrogen-bond acceptors (Lipinski definition) is 2. The maximum Gasteiger partial charge on any atom is 0.416 e. The van der Waals surface area contributed by atoms with E-state index >= 15 is 0 Å². The van der Waals surface area contributed by atoms with Crippen LogP contribution in [0.2, 0.25) is 0 Å². The van der Waals surface area contributed by atoms with Crippen LogP contribution < -0.4 is 5.32 Å². The molecule has 0 atom stereocenters. The first-order valence-corrected chi connectivity index (χ1v) is 6.26. The number of halogens is 3. The van der Waals surface area contributed by atoms with Gasteiger partial charge in [0.15, 0.2) is 0 Å². The number of hydrogen-bond donors (Lipinski definition) is 1. The second-order valence-electron chi connectivity index (χ2n) is 4.51. The van der Waals surface area contributed by atoms with Crippen molar-refractivity contribution in [3.05, 3.63) is 35.4 Å². The molecule has 19 heavy (non-hydrogen) atoms. The van der Waals surface area contributed by atoms with E-state index in [-0.39, 0.29) is 0 Å². The summed E-state index contributed by atoms with van der Waals surface area (Å²) in [6, 6.07) is 5.22. The molecule has 1 aromatic rings. The molecule has 106 valence electrons. The third-order valence-corrected chi connectivity index (χ3v) is 2.74. The van der Waals surface area contributed by atoms with E-state index in [1.165, 1.54) is 6.07 Å². The highest BCUT2D eigenvalue weighted by Crippen LogP contribution is 2.29. The van der Waals surface area contributed by atoms with Crippen molar-refractivity contribution in [3.8, 4) is 0 Å². The molecule has 2 rings (SSSR count). The molecule has 1 aliphatic rings. The molecule has 0 aliphatic carbocycles. The Labute approximate surface area is 111 Å². The van der Waals surface area contributed by atoms with Crippen molar-refractivity contribution in [2.24, 2.45) is 0 Å². The Balaban J connectivity index is 0.000000200. The number of carbonyl (C=O) groups excluding carboxylic acids is 1. The summed E-state index contributed by atoms with van der Waals surface area (Å²) in [5.41, 5.74) is 0.0392. The lowest BCUT2D eigenvalue weighted by Gasteiger charge is -2.05. The van der Waals surface area contributed by atoms with Crippen LogP contribution in [0.4, 0.5) is 13.2 Å². The average molecular weight is 273 g/mol. The molecule has 0 bridgehead atoms. The largest absolute Gasteiger partial charge is 0.416 e. The number of Topliss-reactive ketones (excluding diaryl/α,β-unsaturated/α-hetero) is 1. The zero-order chi connectivity index (χ0) is 14.3. The Morgan fingerprint density at radius 3 is 2.47 bits per heavy atom. The van der Waals surface area contributed by atoms with Crippen LogP contribution in [0.3, 0.4) is 0 Å². The number of carbonyl (C=O) groups is 1. The van der Waals surface area contributed by atoms with E-state index in [2.05, 4.69) is 5.32 Å². The number of rotatable bonds is 0. The van der Waals surface area contributed by atoms with Crippen molar-refractivity contribution in [3.63, 3.8) is 0 Å². The van der Waals surface area contributed by atoms with Gasteiger partial charge >= 0.3 is 6.18 Å². The summed E-state index contributed by atoms with van der Waals surface area (Å²) in [5, 5.41) is 3.16. The molecule has 1 heterocycles. The lowest BCUT2D eigenvalue weighted by molar-refractivity contribution is -0.137. The van der Waals surface area contributed by atoms with Gasteiger partial charge in [-0.25, -0.2) is 0 Å². The van der Waals surface area contributed by atoms with Crippen molar-refractivity contribution in [2.45, 2.75) is 32.4 Å². The van der Waals surface area contributed by atoms with Gasteiger partial charge in [0, 0.05) is 19.4 Å². The Bertz CT molecular complexity index is 405. The molecule has 1 saturated heterocycles. The molecule has 0 amide bonds. The Kier molecular flexibility index (Phi) is 6.02. The highest BCUT2D eigenvalue weighted by Gasteiger charge is 2.29. The summed E-state index contributed by atoms with van der Waals surface area (Å²) in [7, 11) is 0. The van der Waals surface area contributed by atoms with Crippen LogP contribution >= 0.6 is 0 Å². The molecule has 1 aliphatic heterocycles. The summed E-state index contributed by atoms with van der Waals surface area (Å²) in [6.45, 7) is 3.54. The van der Waals surface area contributed by atoms with Gasteiger partial charge < -0.3 is 5.32 Å². The predicted octanol–water partition coefficient (Wildman–Crippen LogP) is 3.34. The van der Waals surface area contributed by atoms with Crippen molar-refractivity contribution >= 4 is 5.78 Å². The van der Waals surface area contributed by atoms with Crippen LogP contribution in [0.15, 0.2) is 24.3 Å². The lowest BCUT2D eigenvalue weighted by Crippen LogP contribution is -2.13. The van der Waals surface area contributed by atoms with Crippen LogP contribution in [0.1, 0.15) is 30.4 Å². The first-order chi connectivity index (χ1) is 8.89. The van der Waals surface area contributed by atoms with Gasteiger partial charge in [-0.1, -0.05) is 23.8 Å². The smallest absolute Gasteiger partial charge is 0.316 e. The van der Waals surface area contributed by atoms with E-state index in [0.717, 1.165) is 44.5 Å². The molecule has 0 aromatic heterocycles. The van der Waals surface area contributed by atoms with Gasteiger partial charge in [-0.2, -0.15) is 13.2 Å². The second-order valence-corrected chi connectivity index (χ2v) is 4.51. The maximum absolute atomic E-state index is 12.0. The topological polar surface area (TPSA) is 29.1 Å². The molecule has 0 saturated carbocycles. The van der Waals surface area contributed by atoms with Crippen molar-refractivity contribution in [1.29, 1.82) is 0 Å². The van der Waals surface area contributed by atoms with Crippen molar-refractivity contribution in [1.82, 2.24) is 5.32 Å². The third-order valence-electron chi connectivity index (χ3n) is 2.74. The standard InChI is InChI=1S/C8H7F3.C6H11NO/c1-6-3-2-4-7(5-6)8(9,10)11;8-6-2-1-4-7-5-3-6/h2-5H,1H3;7H,1-5H2. The molecule has 5 heteroatoms. The first-order valence-electron chi connectivity index (χ1n) is 6.26. The summed E-state index contributed by atoms with van der Waals surface area (Å²) >= 11 is 0. The fourth-order valence-corrected chi connectivity index (χ4v) is 1.71. The first kappa shape index (κ1) is 15.7. The quantitative estimate of drug-likeness (QED) is 0.785. The van der Waals surface area contributed by atoms with Gasteiger partial charge in [0.25, 0.3) is 0 Å². The van der Waals surface area contributed by atoms with Gasteiger partial charge in [0.1, 0.15) is 5.78 Å². The number of alkyl halides is 3. The van der Waals surface area contributed by atoms with Gasteiger partial charge in [0.05, 0.1) is 5.56 Å². The monoisotopic (exact) mass is 273 g/mol. The van der Waals surface area contributed by atoms with E-state index in [1.807, 2.05) is 0 Å². The highest BCUT2D eigenvalue weighted by atomic mass is 19.4. The summed E-state index contributed by atoms with van der Waals surface area (Å²) in [6.07, 6.45) is -1.67. The minimum Gasteiger partial charge on any atom is -0.316 e. The van der Waals surface area contributed by atoms with Crippen LogP contribution in [-0.4, -0.2) is 18.9 Å². The summed E-state index contributed by atoms with van der Waals surface area (Å²) < 4.78 is 35.9. The summed E-state index contributed by atoms with van der Waals surface area (Å²) in [4.78, 5) is 10.6. The Morgan fingerprint density at radius 1 is 1.16 bits per heavy atom. The van der Waals surface area contributed by atoms with E-state index in [9.17, 15) is 18.0 Å². The van der Waals surface area contributed by atoms with Crippen LogP contribution in [0, 0.1) is 6.92 Å². The number of benzene rings is 1. The maximum atomic E-state index is 12.0. The molecular formula is C14H18F3NO. The van der Waals surface area contributed by atoms with Gasteiger partial charge in [-0.15, -0.1) is 0 Å². The number of nitrogens with one attached hydrogen (secondary N) is 1. The minimum absolute atomic E-state index is 0.412. The second kappa shape index (κ2) is 7.28. The van der Waals surface area contributed by atoms with Gasteiger partial charge in [-0.05, 0) is 26.0 Å². The molecular weight excluding hydrogens is 255 g/mol. The molecule has 0 spiro atoms. The Morgan fingerprint density at radius 2 is 1.89 bits per heavy atom. The van der Waals surface area contributed by atoms with Crippen LogP contribution in [0.5, 0.6) is 0 Å². The van der Waals surface area contributed by atoms with E-state index in [1.54, 1.807) is 13.0 Å². The molecule has 1 fully saturated rings. The number of ketones is 1. The van der Waals surface area contributed by atoms with E-state index in [4.69, 9.17) is 0 Å². The van der Waals surface area contributed by atoms with Crippen LogP contribution in [-0.2, 0) is 11.0 Å². The van der Waals surface area contributed by atoms with Crippen molar-refractivity contribution < 1.29 is 18.0 Å². The SMILES string of the molecule is Cc1cccc(C(F)(F)F)c1.O=C1CCCNCC1. The summed E-state index contributed by atoms with van der Waals surface area (Å²) in [5.74, 6) is 0.412. The van der Waals surface area contributed by atoms with Crippen molar-refractivity contribution in [2.75, 3.05) is 13.1 Å². The fourth-order valence-electron chi connectivity index (χ4n) is 1.71. The number of aryl methyl sites for hydroxylation is 1. The normalized spacial score (nSPS) is 16.3. The molecule has 1 aromatic carbocycles.